The molecular weight excluding hydrogens is 431 g/mol. The van der Waals surface area contributed by atoms with Gasteiger partial charge in [0.05, 0.1) is 10.5 Å². The minimum absolute atomic E-state index is 0.0142. The first kappa shape index (κ1) is 22.5. The Kier molecular flexibility index (Phi) is 6.89. The first-order chi connectivity index (χ1) is 15.5. The number of piperidine rings is 1. The second-order valence-corrected chi connectivity index (χ2v) is 9.09. The van der Waals surface area contributed by atoms with E-state index in [9.17, 15) is 13.6 Å². The number of nitrogens with zero attached hydrogens (tertiary/aromatic N) is 1. The number of halogens is 3. The fourth-order valence-corrected chi connectivity index (χ4v) is 5.69. The predicted octanol–water partition coefficient (Wildman–Crippen LogP) is 6.14. The van der Waals surface area contributed by atoms with E-state index in [0.717, 1.165) is 32.4 Å². The molecule has 0 aromatic heterocycles. The summed E-state index contributed by atoms with van der Waals surface area (Å²) in [5, 5.41) is 0. The largest absolute Gasteiger partial charge is 0.342 e. The molecule has 0 aliphatic carbocycles. The van der Waals surface area contributed by atoms with Gasteiger partial charge in [-0.25, -0.2) is 13.2 Å². The molecule has 2 nitrogen and oxygen atoms in total. The zero-order valence-electron chi connectivity index (χ0n) is 17.6. The lowest BCUT2D eigenvalue weighted by atomic mass is 9.83. The SMILES string of the molecule is O=C(CSC(c1ccc(F)cc1)(c1ccc(F)cc1)c1ccccc1F)N1CCCCC1. The summed E-state index contributed by atoms with van der Waals surface area (Å²) >= 11 is 1.28. The highest BCUT2D eigenvalue weighted by Crippen LogP contribution is 2.49. The van der Waals surface area contributed by atoms with Gasteiger partial charge in [-0.2, -0.15) is 0 Å². The van der Waals surface area contributed by atoms with Crippen LogP contribution in [0.3, 0.4) is 0 Å². The predicted molar refractivity (Wildman–Crippen MR) is 122 cm³/mol. The second kappa shape index (κ2) is 9.82. The Morgan fingerprint density at radius 3 is 1.84 bits per heavy atom. The first-order valence-electron chi connectivity index (χ1n) is 10.7. The molecule has 0 N–H and O–H groups in total. The van der Waals surface area contributed by atoms with Crippen LogP contribution in [0.4, 0.5) is 13.2 Å². The molecule has 0 radical (unpaired) electrons. The number of carbonyl (C=O) groups excluding carboxylic acids is 1. The summed E-state index contributed by atoms with van der Waals surface area (Å²) in [4.78, 5) is 14.9. The highest BCUT2D eigenvalue weighted by Gasteiger charge is 2.40. The van der Waals surface area contributed by atoms with Crippen molar-refractivity contribution in [3.05, 3.63) is 107 Å². The van der Waals surface area contributed by atoms with E-state index in [1.165, 1.54) is 42.1 Å². The summed E-state index contributed by atoms with van der Waals surface area (Å²) in [7, 11) is 0. The van der Waals surface area contributed by atoms with E-state index in [0.29, 0.717) is 16.7 Å². The van der Waals surface area contributed by atoms with Crippen LogP contribution in [0, 0.1) is 17.5 Å². The topological polar surface area (TPSA) is 20.3 Å². The van der Waals surface area contributed by atoms with Crippen molar-refractivity contribution in [3.8, 4) is 0 Å². The molecule has 1 aliphatic rings. The number of carbonyl (C=O) groups is 1. The van der Waals surface area contributed by atoms with Crippen LogP contribution in [0.25, 0.3) is 0 Å². The lowest BCUT2D eigenvalue weighted by Crippen LogP contribution is -2.38. The van der Waals surface area contributed by atoms with Gasteiger partial charge in [-0.1, -0.05) is 42.5 Å². The van der Waals surface area contributed by atoms with Crippen molar-refractivity contribution in [2.45, 2.75) is 24.0 Å². The van der Waals surface area contributed by atoms with Gasteiger partial charge in [0, 0.05) is 18.7 Å². The molecule has 0 bridgehead atoms. The van der Waals surface area contributed by atoms with Crippen LogP contribution in [-0.2, 0) is 9.54 Å². The molecule has 0 atom stereocenters. The van der Waals surface area contributed by atoms with Crippen LogP contribution in [0.1, 0.15) is 36.0 Å². The summed E-state index contributed by atoms with van der Waals surface area (Å²) in [6.45, 7) is 1.44. The van der Waals surface area contributed by atoms with Gasteiger partial charge in [-0.3, -0.25) is 4.79 Å². The maximum Gasteiger partial charge on any atom is 0.232 e. The van der Waals surface area contributed by atoms with E-state index < -0.39 is 22.2 Å². The number of hydrogen-bond donors (Lipinski definition) is 0. The Bertz CT molecular complexity index is 1020. The van der Waals surface area contributed by atoms with Gasteiger partial charge in [0.1, 0.15) is 17.5 Å². The van der Waals surface area contributed by atoms with E-state index in [4.69, 9.17) is 0 Å². The van der Waals surface area contributed by atoms with E-state index in [1.807, 2.05) is 4.90 Å². The lowest BCUT2D eigenvalue weighted by Gasteiger charge is -2.36. The third-order valence-corrected chi connectivity index (χ3v) is 7.39. The lowest BCUT2D eigenvalue weighted by molar-refractivity contribution is -0.129. The van der Waals surface area contributed by atoms with Crippen molar-refractivity contribution in [2.75, 3.05) is 18.8 Å². The van der Waals surface area contributed by atoms with Crippen molar-refractivity contribution in [1.29, 1.82) is 0 Å². The number of rotatable bonds is 6. The number of amides is 1. The number of thioether (sulfide) groups is 1. The van der Waals surface area contributed by atoms with E-state index in [1.54, 1.807) is 42.5 Å². The molecule has 1 saturated heterocycles. The van der Waals surface area contributed by atoms with Crippen LogP contribution in [0.2, 0.25) is 0 Å². The average molecular weight is 456 g/mol. The molecule has 0 unspecified atom stereocenters. The molecule has 1 heterocycles. The summed E-state index contributed by atoms with van der Waals surface area (Å²) in [5.74, 6) is -1.17. The van der Waals surface area contributed by atoms with Crippen LogP contribution >= 0.6 is 11.8 Å². The molecular formula is C26H24F3NOS. The van der Waals surface area contributed by atoms with Gasteiger partial charge in [0.2, 0.25) is 5.91 Å². The fourth-order valence-electron chi connectivity index (χ4n) is 4.24. The fraction of sp³-hybridized carbons (Fsp3) is 0.269. The molecule has 4 rings (SSSR count). The Labute approximate surface area is 190 Å². The maximum atomic E-state index is 15.2. The smallest absolute Gasteiger partial charge is 0.232 e. The quantitative estimate of drug-likeness (QED) is 0.416. The second-order valence-electron chi connectivity index (χ2n) is 7.90. The van der Waals surface area contributed by atoms with E-state index in [2.05, 4.69) is 0 Å². The number of likely N-dealkylation sites (tertiary alicyclic amines) is 1. The number of benzene rings is 3. The van der Waals surface area contributed by atoms with Gasteiger partial charge in [0.15, 0.2) is 0 Å². The Morgan fingerprint density at radius 2 is 1.31 bits per heavy atom. The van der Waals surface area contributed by atoms with Crippen molar-refractivity contribution in [3.63, 3.8) is 0 Å². The third-order valence-electron chi connectivity index (χ3n) is 5.88. The van der Waals surface area contributed by atoms with Crippen molar-refractivity contribution < 1.29 is 18.0 Å². The molecule has 1 aliphatic heterocycles. The summed E-state index contributed by atoms with van der Waals surface area (Å²) < 4.78 is 41.6. The Hall–Kier alpha value is -2.73. The molecule has 0 saturated carbocycles. The van der Waals surface area contributed by atoms with Crippen molar-refractivity contribution in [1.82, 2.24) is 4.90 Å². The molecule has 166 valence electrons. The van der Waals surface area contributed by atoms with E-state index >= 15 is 4.39 Å². The van der Waals surface area contributed by atoms with Gasteiger partial charge in [-0.15, -0.1) is 11.8 Å². The van der Waals surface area contributed by atoms with Crippen LogP contribution < -0.4 is 0 Å². The van der Waals surface area contributed by atoms with Crippen LogP contribution in [0.15, 0.2) is 72.8 Å². The minimum Gasteiger partial charge on any atom is -0.342 e. The van der Waals surface area contributed by atoms with E-state index in [-0.39, 0.29) is 11.7 Å². The summed E-state index contributed by atoms with van der Waals surface area (Å²) in [6.07, 6.45) is 3.07. The standard InChI is InChI=1S/C26H24F3NOS/c27-21-12-8-19(9-13-21)26(20-10-14-22(28)15-11-20,23-6-2-3-7-24(23)29)32-18-25(31)30-16-4-1-5-17-30/h2-3,6-15H,1,4-5,16-18H2. The first-order valence-corrected chi connectivity index (χ1v) is 11.7. The summed E-state index contributed by atoms with van der Waals surface area (Å²) in [5.41, 5.74) is 1.58. The zero-order valence-corrected chi connectivity index (χ0v) is 18.4. The van der Waals surface area contributed by atoms with Gasteiger partial charge >= 0.3 is 0 Å². The molecule has 3 aromatic carbocycles. The van der Waals surface area contributed by atoms with Gasteiger partial charge < -0.3 is 4.90 Å². The average Bonchev–Trinajstić information content (AvgIpc) is 2.82. The summed E-state index contributed by atoms with van der Waals surface area (Å²) in [6, 6.07) is 18.0. The zero-order chi connectivity index (χ0) is 22.6. The van der Waals surface area contributed by atoms with Crippen LogP contribution in [-0.4, -0.2) is 29.6 Å². The van der Waals surface area contributed by atoms with Crippen molar-refractivity contribution >= 4 is 17.7 Å². The molecule has 6 heteroatoms. The Balaban J connectivity index is 1.84. The van der Waals surface area contributed by atoms with Crippen LogP contribution in [0.5, 0.6) is 0 Å². The maximum absolute atomic E-state index is 15.2. The van der Waals surface area contributed by atoms with Crippen molar-refractivity contribution in [2.24, 2.45) is 0 Å². The third kappa shape index (κ3) is 4.56. The van der Waals surface area contributed by atoms with Gasteiger partial charge in [-0.05, 0) is 60.7 Å². The normalized spacial score (nSPS) is 14.4. The minimum atomic E-state index is -1.15. The monoisotopic (exact) mass is 455 g/mol. The molecule has 0 spiro atoms. The Morgan fingerprint density at radius 1 is 0.781 bits per heavy atom. The van der Waals surface area contributed by atoms with Gasteiger partial charge in [0.25, 0.3) is 0 Å². The number of hydrogen-bond acceptors (Lipinski definition) is 2. The highest BCUT2D eigenvalue weighted by molar-refractivity contribution is 8.01. The highest BCUT2D eigenvalue weighted by atomic mass is 32.2. The molecule has 1 fully saturated rings. The molecule has 1 amide bonds. The molecule has 32 heavy (non-hydrogen) atoms. The molecule has 3 aromatic rings.